The molecule has 0 amide bonds. The average molecular weight is 216 g/mol. The van der Waals surface area contributed by atoms with Gasteiger partial charge in [-0.25, -0.2) is 9.78 Å². The van der Waals surface area contributed by atoms with Crippen LogP contribution >= 0.6 is 11.8 Å². The Morgan fingerprint density at radius 2 is 2.57 bits per heavy atom. The highest BCUT2D eigenvalue weighted by Gasteiger charge is 2.20. The molecule has 1 heterocycles. The van der Waals surface area contributed by atoms with Crippen LogP contribution in [0.5, 0.6) is 0 Å². The van der Waals surface area contributed by atoms with Gasteiger partial charge in [-0.1, -0.05) is 0 Å². The third kappa shape index (κ3) is 2.49. The zero-order valence-electron chi connectivity index (χ0n) is 7.77. The van der Waals surface area contributed by atoms with E-state index in [1.807, 2.05) is 6.26 Å². The van der Waals surface area contributed by atoms with Gasteiger partial charge in [-0.2, -0.15) is 11.8 Å². The molecule has 1 rings (SSSR count). The third-order valence-corrected chi connectivity index (χ3v) is 2.41. The fourth-order valence-corrected chi connectivity index (χ4v) is 1.54. The molecule has 0 saturated carbocycles. The van der Waals surface area contributed by atoms with Gasteiger partial charge in [0.15, 0.2) is 17.8 Å². The van der Waals surface area contributed by atoms with Crippen LogP contribution in [0, 0.1) is 0 Å². The molecule has 1 atom stereocenters. The van der Waals surface area contributed by atoms with E-state index >= 15 is 0 Å². The molecule has 0 saturated heterocycles. The van der Waals surface area contributed by atoms with Gasteiger partial charge in [0, 0.05) is 0 Å². The molecule has 5 nitrogen and oxygen atoms in total. The normalized spacial score (nSPS) is 12.7. The Bertz CT molecular complexity index is 313. The molecule has 6 heteroatoms. The maximum absolute atomic E-state index is 10.7. The SMILES string of the molecule is CSCC[C@H](N)c1ocnc1C(=O)O. The summed E-state index contributed by atoms with van der Waals surface area (Å²) in [6.07, 6.45) is 3.75. The van der Waals surface area contributed by atoms with Crippen molar-refractivity contribution in [3.8, 4) is 0 Å². The first-order valence-electron chi connectivity index (χ1n) is 4.08. The lowest BCUT2D eigenvalue weighted by Gasteiger charge is -2.07. The fraction of sp³-hybridized carbons (Fsp3) is 0.500. The number of aromatic carboxylic acids is 1. The number of aromatic nitrogens is 1. The molecule has 78 valence electrons. The van der Waals surface area contributed by atoms with Gasteiger partial charge in [0.2, 0.25) is 0 Å². The number of hydrogen-bond donors (Lipinski definition) is 2. The minimum Gasteiger partial charge on any atom is -0.476 e. The van der Waals surface area contributed by atoms with Crippen LogP contribution in [-0.2, 0) is 0 Å². The molecular weight excluding hydrogens is 204 g/mol. The summed E-state index contributed by atoms with van der Waals surface area (Å²) in [4.78, 5) is 14.3. The van der Waals surface area contributed by atoms with Gasteiger partial charge in [-0.05, 0) is 18.4 Å². The van der Waals surface area contributed by atoms with Crippen molar-refractivity contribution in [2.24, 2.45) is 5.73 Å². The standard InChI is InChI=1S/C8H12N2O3S/c1-14-3-2-5(9)7-6(8(11)12)10-4-13-7/h4-5H,2-3,9H2,1H3,(H,11,12)/t5-/m0/s1. The molecule has 1 aromatic rings. The lowest BCUT2D eigenvalue weighted by atomic mass is 10.1. The molecule has 0 aliphatic heterocycles. The number of oxazole rings is 1. The number of rotatable bonds is 5. The lowest BCUT2D eigenvalue weighted by Crippen LogP contribution is -2.14. The van der Waals surface area contributed by atoms with Crippen LogP contribution in [0.25, 0.3) is 0 Å². The van der Waals surface area contributed by atoms with Crippen molar-refractivity contribution < 1.29 is 14.3 Å². The second-order valence-electron chi connectivity index (χ2n) is 2.76. The van der Waals surface area contributed by atoms with E-state index in [1.165, 1.54) is 0 Å². The van der Waals surface area contributed by atoms with Gasteiger partial charge in [-0.15, -0.1) is 0 Å². The van der Waals surface area contributed by atoms with Gasteiger partial charge in [-0.3, -0.25) is 0 Å². The molecule has 14 heavy (non-hydrogen) atoms. The number of nitrogens with zero attached hydrogens (tertiary/aromatic N) is 1. The molecule has 0 bridgehead atoms. The smallest absolute Gasteiger partial charge is 0.358 e. The van der Waals surface area contributed by atoms with E-state index in [-0.39, 0.29) is 11.5 Å². The van der Waals surface area contributed by atoms with Crippen LogP contribution in [0.15, 0.2) is 10.8 Å². The summed E-state index contributed by atoms with van der Waals surface area (Å²) in [5.74, 6) is 0.0147. The number of carboxylic acid groups (broad SMARTS) is 1. The zero-order chi connectivity index (χ0) is 10.6. The Morgan fingerprint density at radius 1 is 1.86 bits per heavy atom. The van der Waals surface area contributed by atoms with Gasteiger partial charge < -0.3 is 15.3 Å². The summed E-state index contributed by atoms with van der Waals surface area (Å²) < 4.78 is 4.96. The van der Waals surface area contributed by atoms with E-state index in [9.17, 15) is 4.79 Å². The van der Waals surface area contributed by atoms with Crippen molar-refractivity contribution in [1.82, 2.24) is 4.98 Å². The minimum absolute atomic E-state index is 0.0846. The maximum atomic E-state index is 10.7. The van der Waals surface area contributed by atoms with Crippen molar-refractivity contribution in [2.45, 2.75) is 12.5 Å². The minimum atomic E-state index is -1.10. The molecule has 0 spiro atoms. The summed E-state index contributed by atoms with van der Waals surface area (Å²) in [7, 11) is 0. The second-order valence-corrected chi connectivity index (χ2v) is 3.74. The van der Waals surface area contributed by atoms with E-state index in [2.05, 4.69) is 4.98 Å². The van der Waals surface area contributed by atoms with Crippen molar-refractivity contribution in [2.75, 3.05) is 12.0 Å². The maximum Gasteiger partial charge on any atom is 0.358 e. The molecular formula is C8H12N2O3S. The first-order chi connectivity index (χ1) is 6.66. The van der Waals surface area contributed by atoms with Gasteiger partial charge >= 0.3 is 5.97 Å². The Hall–Kier alpha value is -1.01. The Kier molecular flexibility index (Phi) is 3.97. The summed E-state index contributed by atoms with van der Waals surface area (Å²) in [6, 6.07) is -0.393. The number of nitrogens with two attached hydrogens (primary N) is 1. The highest BCUT2D eigenvalue weighted by Crippen LogP contribution is 2.19. The first-order valence-corrected chi connectivity index (χ1v) is 5.47. The second kappa shape index (κ2) is 5.02. The first kappa shape index (κ1) is 11.1. The Labute approximate surface area is 85.7 Å². The molecule has 0 fully saturated rings. The quantitative estimate of drug-likeness (QED) is 0.766. The fourth-order valence-electron chi connectivity index (χ4n) is 1.05. The predicted octanol–water partition coefficient (Wildman–Crippen LogP) is 1.13. The molecule has 1 aromatic heterocycles. The van der Waals surface area contributed by atoms with Crippen LogP contribution in [0.3, 0.4) is 0 Å². The summed E-state index contributed by atoms with van der Waals surface area (Å²) in [5, 5.41) is 8.75. The van der Waals surface area contributed by atoms with E-state index in [0.29, 0.717) is 6.42 Å². The topological polar surface area (TPSA) is 89.4 Å². The van der Waals surface area contributed by atoms with Crippen LogP contribution in [0.2, 0.25) is 0 Å². The molecule has 0 aliphatic carbocycles. The van der Waals surface area contributed by atoms with Crippen LogP contribution < -0.4 is 5.73 Å². The number of hydrogen-bond acceptors (Lipinski definition) is 5. The number of carbonyl (C=O) groups is 1. The van der Waals surface area contributed by atoms with Crippen molar-refractivity contribution in [1.29, 1.82) is 0 Å². The van der Waals surface area contributed by atoms with Crippen LogP contribution in [0.4, 0.5) is 0 Å². The zero-order valence-corrected chi connectivity index (χ0v) is 8.58. The third-order valence-electron chi connectivity index (χ3n) is 1.77. The van der Waals surface area contributed by atoms with Gasteiger partial charge in [0.1, 0.15) is 0 Å². The summed E-state index contributed by atoms with van der Waals surface area (Å²) in [6.45, 7) is 0. The van der Waals surface area contributed by atoms with Crippen molar-refractivity contribution >= 4 is 17.7 Å². The van der Waals surface area contributed by atoms with Gasteiger partial charge in [0.25, 0.3) is 0 Å². The van der Waals surface area contributed by atoms with Crippen LogP contribution in [0.1, 0.15) is 28.7 Å². The monoisotopic (exact) mass is 216 g/mol. The average Bonchev–Trinajstić information content (AvgIpc) is 2.62. The predicted molar refractivity (Wildman–Crippen MR) is 53.4 cm³/mol. The van der Waals surface area contributed by atoms with Gasteiger partial charge in [0.05, 0.1) is 6.04 Å². The molecule has 0 unspecified atom stereocenters. The number of thioether (sulfide) groups is 1. The summed E-state index contributed by atoms with van der Waals surface area (Å²) >= 11 is 1.65. The van der Waals surface area contributed by atoms with E-state index in [0.717, 1.165) is 12.1 Å². The Balaban J connectivity index is 2.73. The van der Waals surface area contributed by atoms with Crippen LogP contribution in [-0.4, -0.2) is 28.1 Å². The van der Waals surface area contributed by atoms with E-state index in [1.54, 1.807) is 11.8 Å². The molecule has 3 N–H and O–H groups in total. The summed E-state index contributed by atoms with van der Waals surface area (Å²) in [5.41, 5.74) is 5.67. The highest BCUT2D eigenvalue weighted by molar-refractivity contribution is 7.98. The Morgan fingerprint density at radius 3 is 3.14 bits per heavy atom. The van der Waals surface area contributed by atoms with E-state index < -0.39 is 12.0 Å². The lowest BCUT2D eigenvalue weighted by molar-refractivity contribution is 0.0688. The molecule has 0 aliphatic rings. The number of carboxylic acids is 1. The highest BCUT2D eigenvalue weighted by atomic mass is 32.2. The largest absolute Gasteiger partial charge is 0.476 e. The van der Waals surface area contributed by atoms with E-state index in [4.69, 9.17) is 15.3 Å². The van der Waals surface area contributed by atoms with Crippen molar-refractivity contribution in [3.05, 3.63) is 17.8 Å². The molecule has 0 radical (unpaired) electrons. The van der Waals surface area contributed by atoms with Crippen molar-refractivity contribution in [3.63, 3.8) is 0 Å². The molecule has 0 aromatic carbocycles.